The van der Waals surface area contributed by atoms with Gasteiger partial charge in [0.05, 0.1) is 13.2 Å². The summed E-state index contributed by atoms with van der Waals surface area (Å²) in [6.45, 7) is 8.61. The zero-order chi connectivity index (χ0) is 16.9. The van der Waals surface area contributed by atoms with Crippen LogP contribution in [-0.2, 0) is 4.79 Å². The molecule has 0 aliphatic carbocycles. The van der Waals surface area contributed by atoms with Crippen LogP contribution < -0.4 is 10.1 Å². The summed E-state index contributed by atoms with van der Waals surface area (Å²) in [5.74, 6) is 0.988. The molecular formula is C19H30N2O2. The van der Waals surface area contributed by atoms with Crippen LogP contribution in [0.3, 0.4) is 0 Å². The predicted octanol–water partition coefficient (Wildman–Crippen LogP) is 3.38. The average Bonchev–Trinajstić information content (AvgIpc) is 2.55. The number of methoxy groups -OCH3 is 1. The van der Waals surface area contributed by atoms with Crippen LogP contribution in [0, 0.1) is 5.41 Å². The van der Waals surface area contributed by atoms with Crippen LogP contribution in [0.25, 0.3) is 0 Å². The Kier molecular flexibility index (Phi) is 6.05. The molecule has 0 radical (unpaired) electrons. The highest BCUT2D eigenvalue weighted by molar-refractivity contribution is 5.81. The third kappa shape index (κ3) is 4.71. The van der Waals surface area contributed by atoms with Crippen LogP contribution in [0.15, 0.2) is 24.3 Å². The summed E-state index contributed by atoms with van der Waals surface area (Å²) in [5.41, 5.74) is 0.791. The van der Waals surface area contributed by atoms with Crippen molar-refractivity contribution < 1.29 is 9.53 Å². The SMILES string of the molecule is COc1ccccc1C(CNC(=O)C(C)(C)C)N1CCCCC1. The van der Waals surface area contributed by atoms with E-state index in [2.05, 4.69) is 16.3 Å². The standard InChI is InChI=1S/C19H30N2O2/c1-19(2,3)18(22)20-14-16(21-12-8-5-9-13-21)15-10-6-7-11-17(15)23-4/h6-7,10-11,16H,5,8-9,12-14H2,1-4H3,(H,20,22). The van der Waals surface area contributed by atoms with Crippen LogP contribution in [-0.4, -0.2) is 37.6 Å². The maximum Gasteiger partial charge on any atom is 0.225 e. The third-order valence-corrected chi connectivity index (χ3v) is 4.47. The predicted molar refractivity (Wildman–Crippen MR) is 93.6 cm³/mol. The van der Waals surface area contributed by atoms with Crippen molar-refractivity contribution in [3.63, 3.8) is 0 Å². The molecule has 1 aliphatic heterocycles. The molecule has 0 spiro atoms. The van der Waals surface area contributed by atoms with E-state index in [1.165, 1.54) is 19.3 Å². The second-order valence-electron chi connectivity index (χ2n) is 7.31. The van der Waals surface area contributed by atoms with Gasteiger partial charge in [-0.1, -0.05) is 45.4 Å². The van der Waals surface area contributed by atoms with E-state index in [4.69, 9.17) is 4.74 Å². The quantitative estimate of drug-likeness (QED) is 0.905. The molecule has 1 saturated heterocycles. The fourth-order valence-corrected chi connectivity index (χ4v) is 3.06. The maximum absolute atomic E-state index is 12.3. The summed E-state index contributed by atoms with van der Waals surface area (Å²) >= 11 is 0. The van der Waals surface area contributed by atoms with Crippen molar-refractivity contribution in [2.75, 3.05) is 26.7 Å². The zero-order valence-corrected chi connectivity index (χ0v) is 14.9. The summed E-state index contributed by atoms with van der Waals surface area (Å²) in [6, 6.07) is 8.31. The Hall–Kier alpha value is -1.55. The van der Waals surface area contributed by atoms with Crippen molar-refractivity contribution in [2.24, 2.45) is 5.41 Å². The second-order valence-corrected chi connectivity index (χ2v) is 7.31. The number of hydrogen-bond donors (Lipinski definition) is 1. The first-order chi connectivity index (χ1) is 10.9. The van der Waals surface area contributed by atoms with E-state index < -0.39 is 0 Å². The van der Waals surface area contributed by atoms with Gasteiger partial charge in [0.1, 0.15) is 5.75 Å². The molecule has 1 aromatic carbocycles. The van der Waals surface area contributed by atoms with E-state index >= 15 is 0 Å². The number of hydrogen-bond acceptors (Lipinski definition) is 3. The summed E-state index contributed by atoms with van der Waals surface area (Å²) in [7, 11) is 1.71. The number of carbonyl (C=O) groups is 1. The Balaban J connectivity index is 2.19. The van der Waals surface area contributed by atoms with Crippen molar-refractivity contribution in [3.05, 3.63) is 29.8 Å². The normalized spacial score (nSPS) is 17.6. The lowest BCUT2D eigenvalue weighted by Gasteiger charge is -2.36. The molecule has 2 rings (SSSR count). The van der Waals surface area contributed by atoms with E-state index in [9.17, 15) is 4.79 Å². The van der Waals surface area contributed by atoms with Gasteiger partial charge in [0, 0.05) is 17.5 Å². The summed E-state index contributed by atoms with van der Waals surface area (Å²) < 4.78 is 5.55. The second kappa shape index (κ2) is 7.82. The Morgan fingerprint density at radius 1 is 1.22 bits per heavy atom. The van der Waals surface area contributed by atoms with Crippen LogP contribution in [0.1, 0.15) is 51.6 Å². The summed E-state index contributed by atoms with van der Waals surface area (Å²) in [6.07, 6.45) is 3.74. The zero-order valence-electron chi connectivity index (χ0n) is 14.9. The molecule has 4 heteroatoms. The fraction of sp³-hybridized carbons (Fsp3) is 0.632. The molecule has 1 amide bonds. The van der Waals surface area contributed by atoms with E-state index in [-0.39, 0.29) is 17.4 Å². The number of para-hydroxylation sites is 1. The van der Waals surface area contributed by atoms with Gasteiger partial charge in [-0.05, 0) is 32.0 Å². The highest BCUT2D eigenvalue weighted by Gasteiger charge is 2.27. The molecule has 1 fully saturated rings. The van der Waals surface area contributed by atoms with Crippen LogP contribution >= 0.6 is 0 Å². The monoisotopic (exact) mass is 318 g/mol. The van der Waals surface area contributed by atoms with Crippen molar-refractivity contribution in [3.8, 4) is 5.75 Å². The number of benzene rings is 1. The van der Waals surface area contributed by atoms with Crippen LogP contribution in [0.5, 0.6) is 5.75 Å². The molecule has 1 N–H and O–H groups in total. The Morgan fingerprint density at radius 2 is 1.87 bits per heavy atom. The Labute approximate surface area is 140 Å². The molecule has 1 aliphatic rings. The van der Waals surface area contributed by atoms with Crippen molar-refractivity contribution >= 4 is 5.91 Å². The van der Waals surface area contributed by atoms with Crippen molar-refractivity contribution in [1.82, 2.24) is 10.2 Å². The first-order valence-electron chi connectivity index (χ1n) is 8.58. The molecule has 1 atom stereocenters. The minimum absolute atomic E-state index is 0.0920. The lowest BCUT2D eigenvalue weighted by atomic mass is 9.95. The van der Waals surface area contributed by atoms with Gasteiger partial charge in [-0.15, -0.1) is 0 Å². The molecule has 1 heterocycles. The molecule has 1 unspecified atom stereocenters. The van der Waals surface area contributed by atoms with Gasteiger partial charge in [-0.2, -0.15) is 0 Å². The van der Waals surface area contributed by atoms with E-state index in [1.807, 2.05) is 39.0 Å². The number of amides is 1. The molecular weight excluding hydrogens is 288 g/mol. The van der Waals surface area contributed by atoms with E-state index in [1.54, 1.807) is 7.11 Å². The average molecular weight is 318 g/mol. The van der Waals surface area contributed by atoms with E-state index in [0.717, 1.165) is 24.4 Å². The number of carbonyl (C=O) groups excluding carboxylic acids is 1. The topological polar surface area (TPSA) is 41.6 Å². The molecule has 0 saturated carbocycles. The van der Waals surface area contributed by atoms with E-state index in [0.29, 0.717) is 6.54 Å². The number of likely N-dealkylation sites (tertiary alicyclic amines) is 1. The first-order valence-corrected chi connectivity index (χ1v) is 8.58. The third-order valence-electron chi connectivity index (χ3n) is 4.47. The maximum atomic E-state index is 12.3. The summed E-state index contributed by atoms with van der Waals surface area (Å²) in [4.78, 5) is 14.8. The lowest BCUT2D eigenvalue weighted by molar-refractivity contribution is -0.128. The number of nitrogens with zero attached hydrogens (tertiary/aromatic N) is 1. The van der Waals surface area contributed by atoms with Gasteiger partial charge in [0.25, 0.3) is 0 Å². The van der Waals surface area contributed by atoms with Gasteiger partial charge in [0.2, 0.25) is 5.91 Å². The fourth-order valence-electron chi connectivity index (χ4n) is 3.06. The molecule has 1 aromatic rings. The highest BCUT2D eigenvalue weighted by atomic mass is 16.5. The molecule has 128 valence electrons. The molecule has 0 aromatic heterocycles. The van der Waals surface area contributed by atoms with Gasteiger partial charge >= 0.3 is 0 Å². The Bertz CT molecular complexity index is 516. The van der Waals surface area contributed by atoms with Gasteiger partial charge in [0.15, 0.2) is 0 Å². The Morgan fingerprint density at radius 3 is 2.48 bits per heavy atom. The molecule has 0 bridgehead atoms. The molecule has 23 heavy (non-hydrogen) atoms. The van der Waals surface area contributed by atoms with Gasteiger partial charge < -0.3 is 10.1 Å². The number of piperidine rings is 1. The minimum atomic E-state index is -0.368. The van der Waals surface area contributed by atoms with Gasteiger partial charge in [-0.25, -0.2) is 0 Å². The van der Waals surface area contributed by atoms with Crippen molar-refractivity contribution in [2.45, 2.75) is 46.1 Å². The summed E-state index contributed by atoms with van der Waals surface area (Å²) in [5, 5.41) is 3.13. The smallest absolute Gasteiger partial charge is 0.225 e. The number of ether oxygens (including phenoxy) is 1. The number of rotatable bonds is 5. The van der Waals surface area contributed by atoms with Crippen molar-refractivity contribution in [1.29, 1.82) is 0 Å². The van der Waals surface area contributed by atoms with Crippen LogP contribution in [0.2, 0.25) is 0 Å². The first kappa shape index (κ1) is 17.8. The largest absolute Gasteiger partial charge is 0.496 e. The number of nitrogens with one attached hydrogen (secondary N) is 1. The van der Waals surface area contributed by atoms with Crippen LogP contribution in [0.4, 0.5) is 0 Å². The highest BCUT2D eigenvalue weighted by Crippen LogP contribution is 2.31. The minimum Gasteiger partial charge on any atom is -0.496 e. The molecule has 4 nitrogen and oxygen atoms in total. The van der Waals surface area contributed by atoms with Gasteiger partial charge in [-0.3, -0.25) is 9.69 Å². The lowest BCUT2D eigenvalue weighted by Crippen LogP contribution is -2.43.